The lowest BCUT2D eigenvalue weighted by Gasteiger charge is -2.10. The monoisotopic (exact) mass is 495 g/mol. The molecular weight excluding hydrogens is 474 g/mol. The number of anilines is 1. The van der Waals surface area contributed by atoms with E-state index in [4.69, 9.17) is 14.2 Å². The van der Waals surface area contributed by atoms with Crippen LogP contribution in [0.4, 0.5) is 5.95 Å². The lowest BCUT2D eigenvalue weighted by atomic mass is 10.1. The van der Waals surface area contributed by atoms with Crippen LogP contribution < -0.4 is 25.2 Å². The molecule has 0 fully saturated rings. The molecule has 184 valence electrons. The van der Waals surface area contributed by atoms with Gasteiger partial charge in [0, 0.05) is 5.56 Å². The number of aromatic nitrogens is 2. The van der Waals surface area contributed by atoms with Gasteiger partial charge in [0.1, 0.15) is 17.4 Å². The Morgan fingerprint density at radius 1 is 1.03 bits per heavy atom. The topological polar surface area (TPSA) is 139 Å². The predicted molar refractivity (Wildman–Crippen MR) is 137 cm³/mol. The van der Waals surface area contributed by atoms with Gasteiger partial charge in [-0.3, -0.25) is 9.78 Å². The van der Waals surface area contributed by atoms with Crippen molar-refractivity contribution in [2.24, 2.45) is 5.10 Å². The van der Waals surface area contributed by atoms with Gasteiger partial charge in [0.2, 0.25) is 5.95 Å². The van der Waals surface area contributed by atoms with Crippen molar-refractivity contribution in [1.82, 2.24) is 9.97 Å². The molecule has 0 spiro atoms. The van der Waals surface area contributed by atoms with Crippen molar-refractivity contribution in [3.05, 3.63) is 99.8 Å². The Hall–Kier alpha value is -5.43. The van der Waals surface area contributed by atoms with Gasteiger partial charge in [0.05, 0.1) is 31.7 Å². The number of benzene rings is 3. The molecule has 3 aromatic carbocycles. The van der Waals surface area contributed by atoms with Gasteiger partial charge in [-0.05, 0) is 48.0 Å². The minimum Gasteiger partial charge on any atom is -0.497 e. The highest BCUT2D eigenvalue weighted by atomic mass is 16.6. The molecule has 0 aliphatic heterocycles. The first-order valence-electron chi connectivity index (χ1n) is 11.0. The molecule has 37 heavy (non-hydrogen) atoms. The first-order valence-corrected chi connectivity index (χ1v) is 11.0. The third-order valence-electron chi connectivity index (χ3n) is 5.18. The van der Waals surface area contributed by atoms with Crippen molar-refractivity contribution in [2.75, 3.05) is 19.6 Å². The SMILES string of the molecule is COc1ccc(C(=O)Oc2ccc(C=NNc3nc(-c4ccccc4)c(C#N)c(=O)[nH]3)cc2OC)cc1. The fraction of sp³-hybridized carbons (Fsp3) is 0.0741. The number of H-pyrrole nitrogens is 1. The number of aromatic amines is 1. The third-order valence-corrected chi connectivity index (χ3v) is 5.18. The molecule has 0 saturated carbocycles. The summed E-state index contributed by atoms with van der Waals surface area (Å²) in [6, 6.07) is 22.2. The van der Waals surface area contributed by atoms with Gasteiger partial charge in [-0.2, -0.15) is 10.4 Å². The Morgan fingerprint density at radius 3 is 2.46 bits per heavy atom. The van der Waals surface area contributed by atoms with E-state index in [1.165, 1.54) is 13.3 Å². The summed E-state index contributed by atoms with van der Waals surface area (Å²) in [5.74, 6) is 0.703. The summed E-state index contributed by atoms with van der Waals surface area (Å²) in [4.78, 5) is 31.7. The van der Waals surface area contributed by atoms with Crippen LogP contribution in [-0.4, -0.2) is 36.4 Å². The van der Waals surface area contributed by atoms with Gasteiger partial charge in [0.15, 0.2) is 11.5 Å². The van der Waals surface area contributed by atoms with Crippen LogP contribution in [0, 0.1) is 11.3 Å². The average molecular weight is 495 g/mol. The predicted octanol–water partition coefficient (Wildman–Crippen LogP) is 3.99. The highest BCUT2D eigenvalue weighted by molar-refractivity contribution is 5.91. The van der Waals surface area contributed by atoms with Gasteiger partial charge in [-0.1, -0.05) is 30.3 Å². The maximum atomic E-state index is 12.5. The molecular formula is C27H21N5O5. The summed E-state index contributed by atoms with van der Waals surface area (Å²) >= 11 is 0. The van der Waals surface area contributed by atoms with Crippen LogP contribution in [0.3, 0.4) is 0 Å². The van der Waals surface area contributed by atoms with E-state index >= 15 is 0 Å². The van der Waals surface area contributed by atoms with Gasteiger partial charge in [-0.25, -0.2) is 15.2 Å². The number of nitriles is 1. The summed E-state index contributed by atoms with van der Waals surface area (Å²) in [6.45, 7) is 0. The Bertz CT molecular complexity index is 1540. The maximum Gasteiger partial charge on any atom is 0.343 e. The second kappa shape index (κ2) is 11.3. The standard InChI is InChI=1S/C27H21N5O5/c1-35-20-11-9-19(10-12-20)26(34)37-22-13-8-17(14-23(22)36-2)16-29-32-27-30-24(18-6-4-3-5-7-18)21(15-28)25(33)31-27/h3-14,16H,1-2H3,(H2,30,31,32,33). The van der Waals surface area contributed by atoms with Crippen molar-refractivity contribution >= 4 is 18.1 Å². The van der Waals surface area contributed by atoms with E-state index in [-0.39, 0.29) is 23.0 Å². The van der Waals surface area contributed by atoms with Gasteiger partial charge >= 0.3 is 5.97 Å². The third kappa shape index (κ3) is 5.80. The molecule has 4 rings (SSSR count). The van der Waals surface area contributed by atoms with Crippen LogP contribution in [0.15, 0.2) is 82.7 Å². The van der Waals surface area contributed by atoms with Crippen molar-refractivity contribution in [3.63, 3.8) is 0 Å². The van der Waals surface area contributed by atoms with Crippen LogP contribution >= 0.6 is 0 Å². The largest absolute Gasteiger partial charge is 0.497 e. The van der Waals surface area contributed by atoms with Crippen LogP contribution in [0.5, 0.6) is 17.2 Å². The molecule has 0 bridgehead atoms. The lowest BCUT2D eigenvalue weighted by molar-refractivity contribution is 0.0729. The van der Waals surface area contributed by atoms with Crippen LogP contribution in [0.1, 0.15) is 21.5 Å². The zero-order valence-electron chi connectivity index (χ0n) is 19.9. The molecule has 10 heteroatoms. The smallest absolute Gasteiger partial charge is 0.343 e. The van der Waals surface area contributed by atoms with E-state index in [0.29, 0.717) is 28.2 Å². The second-order valence-electron chi connectivity index (χ2n) is 7.51. The summed E-state index contributed by atoms with van der Waals surface area (Å²) in [6.07, 6.45) is 1.47. The number of hydrazone groups is 1. The molecule has 4 aromatic rings. The quantitative estimate of drug-likeness (QED) is 0.162. The molecule has 0 aliphatic rings. The van der Waals surface area contributed by atoms with Gasteiger partial charge in [0.25, 0.3) is 5.56 Å². The van der Waals surface area contributed by atoms with Crippen LogP contribution in [-0.2, 0) is 0 Å². The van der Waals surface area contributed by atoms with Crippen molar-refractivity contribution in [3.8, 4) is 34.6 Å². The van der Waals surface area contributed by atoms with Crippen LogP contribution in [0.25, 0.3) is 11.3 Å². The molecule has 0 amide bonds. The van der Waals surface area contributed by atoms with Crippen LogP contribution in [0.2, 0.25) is 0 Å². The van der Waals surface area contributed by atoms with Crippen molar-refractivity contribution in [1.29, 1.82) is 5.26 Å². The molecule has 0 aliphatic carbocycles. The normalized spacial score (nSPS) is 10.5. The van der Waals surface area contributed by atoms with E-state index < -0.39 is 11.5 Å². The zero-order chi connectivity index (χ0) is 26.2. The Kier molecular flexibility index (Phi) is 7.56. The highest BCUT2D eigenvalue weighted by Crippen LogP contribution is 2.28. The first-order chi connectivity index (χ1) is 18.0. The lowest BCUT2D eigenvalue weighted by Crippen LogP contribution is -2.16. The number of carbonyl (C=O) groups is 1. The van der Waals surface area contributed by atoms with Crippen molar-refractivity contribution in [2.45, 2.75) is 0 Å². The Balaban J connectivity index is 1.50. The molecule has 1 heterocycles. The van der Waals surface area contributed by atoms with E-state index in [2.05, 4.69) is 20.5 Å². The first kappa shape index (κ1) is 24.7. The minimum absolute atomic E-state index is 0.0658. The molecule has 0 atom stereocenters. The number of methoxy groups -OCH3 is 2. The zero-order valence-corrected chi connectivity index (χ0v) is 19.9. The fourth-order valence-corrected chi connectivity index (χ4v) is 3.34. The maximum absolute atomic E-state index is 12.5. The minimum atomic E-state index is -0.584. The van der Waals surface area contributed by atoms with E-state index in [0.717, 1.165) is 0 Å². The number of nitrogens with zero attached hydrogens (tertiary/aromatic N) is 3. The summed E-state index contributed by atoms with van der Waals surface area (Å²) in [7, 11) is 3.00. The highest BCUT2D eigenvalue weighted by Gasteiger charge is 2.14. The fourth-order valence-electron chi connectivity index (χ4n) is 3.34. The average Bonchev–Trinajstić information content (AvgIpc) is 2.94. The summed E-state index contributed by atoms with van der Waals surface area (Å²) in [5.41, 5.74) is 3.84. The molecule has 1 aromatic heterocycles. The number of carbonyl (C=O) groups excluding carboxylic acids is 1. The molecule has 0 unspecified atom stereocenters. The summed E-state index contributed by atoms with van der Waals surface area (Å²) in [5, 5.41) is 13.5. The number of hydrogen-bond acceptors (Lipinski definition) is 9. The number of rotatable bonds is 8. The molecule has 2 N–H and O–H groups in total. The Morgan fingerprint density at radius 2 is 1.78 bits per heavy atom. The van der Waals surface area contributed by atoms with E-state index in [1.54, 1.807) is 73.8 Å². The second-order valence-corrected chi connectivity index (χ2v) is 7.51. The molecule has 10 nitrogen and oxygen atoms in total. The van der Waals surface area contributed by atoms with Crippen molar-refractivity contribution < 1.29 is 19.0 Å². The number of ether oxygens (including phenoxy) is 3. The van der Waals surface area contributed by atoms with Gasteiger partial charge < -0.3 is 14.2 Å². The van der Waals surface area contributed by atoms with E-state index in [1.807, 2.05) is 12.1 Å². The van der Waals surface area contributed by atoms with E-state index in [9.17, 15) is 14.9 Å². The number of nitrogens with one attached hydrogen (secondary N) is 2. The molecule has 0 saturated heterocycles. The molecule has 0 radical (unpaired) electrons. The number of esters is 1. The summed E-state index contributed by atoms with van der Waals surface area (Å²) < 4.78 is 15.9. The Labute approximate surface area is 211 Å². The van der Waals surface area contributed by atoms with Gasteiger partial charge in [-0.15, -0.1) is 0 Å². The number of hydrogen-bond donors (Lipinski definition) is 2.